The zero-order valence-electron chi connectivity index (χ0n) is 16.8. The van der Waals surface area contributed by atoms with E-state index in [2.05, 4.69) is 37.3 Å². The molecule has 0 spiro atoms. The molecule has 3 rings (SSSR count). The average Bonchev–Trinajstić information content (AvgIpc) is 2.97. The van der Waals surface area contributed by atoms with Crippen LogP contribution in [0.25, 0.3) is 6.08 Å². The summed E-state index contributed by atoms with van der Waals surface area (Å²) < 4.78 is 13.0. The first kappa shape index (κ1) is 23.8. The van der Waals surface area contributed by atoms with Crippen molar-refractivity contribution in [2.45, 2.75) is 20.0 Å². The third-order valence-corrected chi connectivity index (χ3v) is 6.44. The summed E-state index contributed by atoms with van der Waals surface area (Å²) in [7, 11) is 1.55. The first-order valence-corrected chi connectivity index (χ1v) is 11.9. The van der Waals surface area contributed by atoms with Crippen molar-refractivity contribution < 1.29 is 19.1 Å². The topological polar surface area (TPSA) is 67.9 Å². The number of thioether (sulfide) groups is 1. The summed E-state index contributed by atoms with van der Waals surface area (Å²) >= 11 is 13.2. The van der Waals surface area contributed by atoms with Crippen molar-refractivity contribution >= 4 is 78.1 Å². The smallest absolute Gasteiger partial charge is 0.285 e. The molecule has 6 nitrogen and oxygen atoms in total. The fourth-order valence-electron chi connectivity index (χ4n) is 2.66. The molecule has 0 radical (unpaired) electrons. The predicted molar refractivity (Wildman–Crippen MR) is 133 cm³/mol. The van der Waals surface area contributed by atoms with Crippen LogP contribution >= 0.6 is 55.8 Å². The molecular weight excluding hydrogens is 568 g/mol. The molecule has 1 heterocycles. The minimum absolute atomic E-state index is 0.0263. The SMILES string of the molecule is COc1cc(/C=C2\SC(=S)N(NC(=O)c3ccc(Br)cc3)C2=O)cc(Br)c1OC(C)C. The van der Waals surface area contributed by atoms with Crippen LogP contribution < -0.4 is 14.9 Å². The number of hydrogen-bond acceptors (Lipinski definition) is 6. The molecule has 2 aromatic rings. The number of nitrogens with one attached hydrogen (secondary N) is 1. The monoisotopic (exact) mass is 584 g/mol. The lowest BCUT2D eigenvalue weighted by atomic mass is 10.2. The van der Waals surface area contributed by atoms with Crippen LogP contribution in [0.1, 0.15) is 29.8 Å². The van der Waals surface area contributed by atoms with E-state index in [1.165, 1.54) is 0 Å². The number of hydrogen-bond donors (Lipinski definition) is 1. The van der Waals surface area contributed by atoms with Crippen molar-refractivity contribution in [3.63, 3.8) is 0 Å². The molecule has 1 aliphatic heterocycles. The van der Waals surface area contributed by atoms with E-state index in [0.717, 1.165) is 26.8 Å². The highest BCUT2D eigenvalue weighted by Crippen LogP contribution is 2.39. The Morgan fingerprint density at radius 1 is 1.23 bits per heavy atom. The summed E-state index contributed by atoms with van der Waals surface area (Å²) in [5.41, 5.74) is 3.70. The second kappa shape index (κ2) is 10.2. The van der Waals surface area contributed by atoms with Crippen molar-refractivity contribution in [2.24, 2.45) is 0 Å². The molecule has 0 saturated carbocycles. The van der Waals surface area contributed by atoms with Gasteiger partial charge >= 0.3 is 0 Å². The lowest BCUT2D eigenvalue weighted by Crippen LogP contribution is -2.44. The lowest BCUT2D eigenvalue weighted by Gasteiger charge is -2.16. The van der Waals surface area contributed by atoms with Gasteiger partial charge in [0.2, 0.25) is 0 Å². The van der Waals surface area contributed by atoms with Crippen molar-refractivity contribution in [1.82, 2.24) is 10.4 Å². The number of thiocarbonyl (C=S) groups is 1. The van der Waals surface area contributed by atoms with Crippen molar-refractivity contribution in [1.29, 1.82) is 0 Å². The molecule has 31 heavy (non-hydrogen) atoms. The molecule has 0 aliphatic carbocycles. The third-order valence-electron chi connectivity index (χ3n) is 4.02. The number of hydrazine groups is 1. The van der Waals surface area contributed by atoms with Crippen LogP contribution in [0.5, 0.6) is 11.5 Å². The number of methoxy groups -OCH3 is 1. The number of carbonyl (C=O) groups is 2. The molecule has 0 unspecified atom stereocenters. The Kier molecular flexibility index (Phi) is 7.79. The maximum absolute atomic E-state index is 12.9. The van der Waals surface area contributed by atoms with Crippen LogP contribution in [0.3, 0.4) is 0 Å². The molecule has 1 N–H and O–H groups in total. The summed E-state index contributed by atoms with van der Waals surface area (Å²) in [6.45, 7) is 3.85. The number of carbonyl (C=O) groups excluding carboxylic acids is 2. The highest BCUT2D eigenvalue weighted by atomic mass is 79.9. The zero-order chi connectivity index (χ0) is 22.7. The highest BCUT2D eigenvalue weighted by Gasteiger charge is 2.34. The Morgan fingerprint density at radius 3 is 2.52 bits per heavy atom. The Bertz CT molecular complexity index is 1070. The van der Waals surface area contributed by atoms with Crippen molar-refractivity contribution in [3.8, 4) is 11.5 Å². The van der Waals surface area contributed by atoms with Crippen LogP contribution in [-0.2, 0) is 4.79 Å². The minimum Gasteiger partial charge on any atom is -0.493 e. The van der Waals surface area contributed by atoms with E-state index in [1.807, 2.05) is 19.9 Å². The molecule has 1 saturated heterocycles. The van der Waals surface area contributed by atoms with Crippen LogP contribution in [0.2, 0.25) is 0 Å². The standard InChI is InChI=1S/C21H18Br2N2O4S2/c1-11(2)29-18-15(23)8-12(9-16(18)28-3)10-17-20(27)25(21(30)31-17)24-19(26)13-4-6-14(22)7-5-13/h4-11H,1-3H3,(H,24,26)/b17-10-. The molecule has 1 aliphatic rings. The Morgan fingerprint density at radius 2 is 1.90 bits per heavy atom. The summed E-state index contributed by atoms with van der Waals surface area (Å²) in [5.74, 6) is 0.292. The quantitative estimate of drug-likeness (QED) is 0.354. The van der Waals surface area contributed by atoms with Gasteiger partial charge in [-0.1, -0.05) is 27.7 Å². The molecular formula is C21H18Br2N2O4S2. The number of benzene rings is 2. The van der Waals surface area contributed by atoms with Crippen LogP contribution in [0.15, 0.2) is 50.2 Å². The number of nitrogens with zero attached hydrogens (tertiary/aromatic N) is 1. The predicted octanol–water partition coefficient (Wildman–Crippen LogP) is 5.55. The maximum Gasteiger partial charge on any atom is 0.285 e. The van der Waals surface area contributed by atoms with Crippen LogP contribution in [0, 0.1) is 0 Å². The zero-order valence-corrected chi connectivity index (χ0v) is 21.6. The normalized spacial score (nSPS) is 15.0. The van der Waals surface area contributed by atoms with Gasteiger partial charge in [-0.25, -0.2) is 0 Å². The summed E-state index contributed by atoms with van der Waals surface area (Å²) in [6.07, 6.45) is 1.67. The first-order valence-electron chi connectivity index (χ1n) is 9.08. The van der Waals surface area contributed by atoms with Gasteiger partial charge in [0.25, 0.3) is 11.8 Å². The number of ether oxygens (including phenoxy) is 2. The average molecular weight is 586 g/mol. The van der Waals surface area contributed by atoms with Crippen molar-refractivity contribution in [2.75, 3.05) is 7.11 Å². The molecule has 2 aromatic carbocycles. The van der Waals surface area contributed by atoms with E-state index < -0.39 is 11.8 Å². The van der Waals surface area contributed by atoms with E-state index in [0.29, 0.717) is 26.4 Å². The summed E-state index contributed by atoms with van der Waals surface area (Å²) in [6, 6.07) is 10.4. The van der Waals surface area contributed by atoms with Gasteiger partial charge in [0, 0.05) is 10.0 Å². The fraction of sp³-hybridized carbons (Fsp3) is 0.190. The van der Waals surface area contributed by atoms with Gasteiger partial charge in [0.15, 0.2) is 15.8 Å². The highest BCUT2D eigenvalue weighted by molar-refractivity contribution is 9.10. The molecule has 2 amide bonds. The summed E-state index contributed by atoms with van der Waals surface area (Å²) in [4.78, 5) is 25.7. The van der Waals surface area contributed by atoms with Gasteiger partial charge in [-0.15, -0.1) is 0 Å². The largest absolute Gasteiger partial charge is 0.493 e. The Hall–Kier alpha value is -1.88. The van der Waals surface area contributed by atoms with Gasteiger partial charge in [0.1, 0.15) is 0 Å². The molecule has 0 bridgehead atoms. The van der Waals surface area contributed by atoms with Gasteiger partial charge in [-0.2, -0.15) is 5.01 Å². The third kappa shape index (κ3) is 5.68. The van der Waals surface area contributed by atoms with E-state index >= 15 is 0 Å². The molecule has 162 valence electrons. The Labute approximate surface area is 206 Å². The number of amides is 2. The second-order valence-corrected chi connectivity index (χ2v) is 10.1. The second-order valence-electron chi connectivity index (χ2n) is 6.67. The summed E-state index contributed by atoms with van der Waals surface area (Å²) in [5, 5.41) is 1.08. The molecule has 0 aromatic heterocycles. The van der Waals surface area contributed by atoms with Gasteiger partial charge in [0.05, 0.1) is 22.6 Å². The van der Waals surface area contributed by atoms with Crippen LogP contribution in [-0.4, -0.2) is 34.4 Å². The fourth-order valence-corrected chi connectivity index (χ4v) is 4.65. The molecule has 0 atom stereocenters. The van der Waals surface area contributed by atoms with Gasteiger partial charge < -0.3 is 9.47 Å². The van der Waals surface area contributed by atoms with Gasteiger partial charge in [-0.05, 0) is 90.0 Å². The van der Waals surface area contributed by atoms with E-state index in [9.17, 15) is 9.59 Å². The lowest BCUT2D eigenvalue weighted by molar-refractivity contribution is -0.123. The van der Waals surface area contributed by atoms with Gasteiger partial charge in [-0.3, -0.25) is 15.0 Å². The molecule has 10 heteroatoms. The van der Waals surface area contributed by atoms with E-state index in [1.54, 1.807) is 43.5 Å². The Balaban J connectivity index is 1.82. The van der Waals surface area contributed by atoms with Crippen molar-refractivity contribution in [3.05, 3.63) is 61.4 Å². The minimum atomic E-state index is -0.426. The molecule has 1 fully saturated rings. The maximum atomic E-state index is 12.9. The van der Waals surface area contributed by atoms with E-state index in [4.69, 9.17) is 21.7 Å². The first-order chi connectivity index (χ1) is 14.7. The number of halogens is 2. The van der Waals surface area contributed by atoms with Crippen LogP contribution in [0.4, 0.5) is 0 Å². The number of rotatable bonds is 6. The van der Waals surface area contributed by atoms with E-state index in [-0.39, 0.29) is 10.4 Å².